The van der Waals surface area contributed by atoms with Crippen LogP contribution in [0.15, 0.2) is 0 Å². The Labute approximate surface area is 101 Å². The standard InChI is InChI=1S/C9H18ClNO2S2/c1-9(4-2-6-14-9)8-11-15(12,13)7-3-5-10/h11H,2-8H2,1H3. The molecule has 90 valence electrons. The molecule has 0 aromatic heterocycles. The van der Waals surface area contributed by atoms with E-state index >= 15 is 0 Å². The van der Waals surface area contributed by atoms with Crippen molar-refractivity contribution in [3.8, 4) is 0 Å². The minimum absolute atomic E-state index is 0.0913. The second-order valence-corrected chi connectivity index (χ2v) is 8.07. The Morgan fingerprint density at radius 1 is 1.53 bits per heavy atom. The highest BCUT2D eigenvalue weighted by atomic mass is 35.5. The smallest absolute Gasteiger partial charge is 0.211 e. The molecule has 1 aliphatic rings. The molecule has 0 aliphatic carbocycles. The van der Waals surface area contributed by atoms with Gasteiger partial charge >= 0.3 is 0 Å². The van der Waals surface area contributed by atoms with Crippen LogP contribution in [0.1, 0.15) is 26.2 Å². The average Bonchev–Trinajstić information content (AvgIpc) is 2.61. The van der Waals surface area contributed by atoms with Crippen molar-refractivity contribution >= 4 is 33.4 Å². The van der Waals surface area contributed by atoms with E-state index in [1.54, 1.807) is 0 Å². The van der Waals surface area contributed by atoms with Gasteiger partial charge < -0.3 is 0 Å². The molecule has 0 aromatic rings. The maximum Gasteiger partial charge on any atom is 0.211 e. The molecular formula is C9H18ClNO2S2. The van der Waals surface area contributed by atoms with E-state index in [0.717, 1.165) is 12.2 Å². The molecule has 15 heavy (non-hydrogen) atoms. The molecule has 1 rings (SSSR count). The maximum absolute atomic E-state index is 11.5. The van der Waals surface area contributed by atoms with Crippen molar-refractivity contribution in [3.05, 3.63) is 0 Å². The van der Waals surface area contributed by atoms with Crippen LogP contribution in [0.5, 0.6) is 0 Å². The Morgan fingerprint density at radius 3 is 2.80 bits per heavy atom. The second kappa shape index (κ2) is 5.75. The Morgan fingerprint density at radius 2 is 2.27 bits per heavy atom. The first-order chi connectivity index (χ1) is 6.97. The van der Waals surface area contributed by atoms with Crippen LogP contribution in [0.3, 0.4) is 0 Å². The van der Waals surface area contributed by atoms with E-state index in [1.165, 1.54) is 6.42 Å². The van der Waals surface area contributed by atoms with E-state index in [9.17, 15) is 8.42 Å². The van der Waals surface area contributed by atoms with Gasteiger partial charge in [-0.15, -0.1) is 11.6 Å². The van der Waals surface area contributed by atoms with Gasteiger partial charge in [-0.2, -0.15) is 11.8 Å². The lowest BCUT2D eigenvalue weighted by Crippen LogP contribution is -2.37. The van der Waals surface area contributed by atoms with Crippen molar-refractivity contribution in [1.29, 1.82) is 0 Å². The largest absolute Gasteiger partial charge is 0.214 e. The van der Waals surface area contributed by atoms with Gasteiger partial charge in [0.15, 0.2) is 0 Å². The van der Waals surface area contributed by atoms with E-state index in [1.807, 2.05) is 11.8 Å². The lowest BCUT2D eigenvalue weighted by atomic mass is 10.1. The number of halogens is 1. The highest BCUT2D eigenvalue weighted by Gasteiger charge is 2.30. The van der Waals surface area contributed by atoms with Crippen molar-refractivity contribution in [2.45, 2.75) is 30.9 Å². The van der Waals surface area contributed by atoms with Crippen LogP contribution in [0.25, 0.3) is 0 Å². The number of hydrogen-bond donors (Lipinski definition) is 1. The second-order valence-electron chi connectivity index (χ2n) is 4.08. The summed E-state index contributed by atoms with van der Waals surface area (Å²) in [5, 5.41) is 0. The van der Waals surface area contributed by atoms with Crippen LogP contribution in [0.2, 0.25) is 0 Å². The summed E-state index contributed by atoms with van der Waals surface area (Å²) in [4.78, 5) is 0. The van der Waals surface area contributed by atoms with E-state index < -0.39 is 10.0 Å². The Balaban J connectivity index is 2.35. The van der Waals surface area contributed by atoms with E-state index in [0.29, 0.717) is 18.8 Å². The highest BCUT2D eigenvalue weighted by Crippen LogP contribution is 2.37. The maximum atomic E-state index is 11.5. The molecule has 1 aliphatic heterocycles. The Hall–Kier alpha value is 0.550. The normalized spacial score (nSPS) is 27.1. The monoisotopic (exact) mass is 271 g/mol. The molecule has 0 bridgehead atoms. The molecule has 1 N–H and O–H groups in total. The molecule has 1 fully saturated rings. The lowest BCUT2D eigenvalue weighted by molar-refractivity contribution is 0.551. The summed E-state index contributed by atoms with van der Waals surface area (Å²) in [6.45, 7) is 2.66. The quantitative estimate of drug-likeness (QED) is 0.750. The van der Waals surface area contributed by atoms with Crippen LogP contribution in [-0.2, 0) is 10.0 Å². The third kappa shape index (κ3) is 4.93. The number of rotatable bonds is 6. The van der Waals surface area contributed by atoms with Crippen LogP contribution in [-0.4, -0.2) is 37.1 Å². The third-order valence-corrected chi connectivity index (χ3v) is 5.73. The summed E-state index contributed by atoms with van der Waals surface area (Å²) >= 11 is 7.32. The number of hydrogen-bond acceptors (Lipinski definition) is 3. The summed E-state index contributed by atoms with van der Waals surface area (Å²) < 4.78 is 25.8. The summed E-state index contributed by atoms with van der Waals surface area (Å²) in [7, 11) is -3.12. The van der Waals surface area contributed by atoms with Crippen molar-refractivity contribution in [1.82, 2.24) is 4.72 Å². The predicted molar refractivity (Wildman–Crippen MR) is 67.2 cm³/mol. The zero-order valence-corrected chi connectivity index (χ0v) is 11.3. The molecule has 1 heterocycles. The van der Waals surface area contributed by atoms with E-state index in [-0.39, 0.29) is 10.5 Å². The number of thioether (sulfide) groups is 1. The minimum atomic E-state index is -3.12. The number of nitrogens with one attached hydrogen (secondary N) is 1. The lowest BCUT2D eigenvalue weighted by Gasteiger charge is -2.22. The fraction of sp³-hybridized carbons (Fsp3) is 1.00. The topological polar surface area (TPSA) is 46.2 Å². The minimum Gasteiger partial charge on any atom is -0.214 e. The van der Waals surface area contributed by atoms with Crippen molar-refractivity contribution in [2.24, 2.45) is 0 Å². The predicted octanol–water partition coefficient (Wildman–Crippen LogP) is 1.82. The van der Waals surface area contributed by atoms with Gasteiger partial charge in [0.05, 0.1) is 5.75 Å². The van der Waals surface area contributed by atoms with Gasteiger partial charge in [-0.3, -0.25) is 0 Å². The van der Waals surface area contributed by atoms with Gasteiger partial charge in [0.25, 0.3) is 0 Å². The molecule has 0 radical (unpaired) electrons. The van der Waals surface area contributed by atoms with Crippen molar-refractivity contribution < 1.29 is 8.42 Å². The highest BCUT2D eigenvalue weighted by molar-refractivity contribution is 8.01. The first kappa shape index (κ1) is 13.6. The molecule has 0 aromatic carbocycles. The fourth-order valence-electron chi connectivity index (χ4n) is 1.56. The zero-order valence-electron chi connectivity index (χ0n) is 8.96. The fourth-order valence-corrected chi connectivity index (χ4v) is 4.39. The van der Waals surface area contributed by atoms with Gasteiger partial charge in [0.1, 0.15) is 0 Å². The Kier molecular flexibility index (Phi) is 5.22. The Bertz CT molecular complexity index is 286. The van der Waals surface area contributed by atoms with Crippen LogP contribution in [0.4, 0.5) is 0 Å². The van der Waals surface area contributed by atoms with Gasteiger partial charge in [0, 0.05) is 17.2 Å². The molecular weight excluding hydrogens is 254 g/mol. The van der Waals surface area contributed by atoms with Gasteiger partial charge in [-0.1, -0.05) is 0 Å². The summed E-state index contributed by atoms with van der Waals surface area (Å²) in [5.74, 6) is 1.67. The molecule has 0 spiro atoms. The molecule has 1 atom stereocenters. The molecule has 3 nitrogen and oxygen atoms in total. The van der Waals surface area contributed by atoms with Gasteiger partial charge in [0.2, 0.25) is 10.0 Å². The van der Waals surface area contributed by atoms with Crippen LogP contribution < -0.4 is 4.72 Å². The number of alkyl halides is 1. The first-order valence-electron chi connectivity index (χ1n) is 5.15. The number of sulfonamides is 1. The summed E-state index contributed by atoms with van der Waals surface area (Å²) in [6.07, 6.45) is 2.79. The van der Waals surface area contributed by atoms with Crippen molar-refractivity contribution in [2.75, 3.05) is 23.9 Å². The molecule has 0 saturated carbocycles. The summed E-state index contributed by atoms with van der Waals surface area (Å²) in [5.41, 5.74) is 0. The molecule has 6 heteroatoms. The molecule has 1 unspecified atom stereocenters. The molecule has 0 amide bonds. The van der Waals surface area contributed by atoms with E-state index in [2.05, 4.69) is 11.6 Å². The van der Waals surface area contributed by atoms with Crippen LogP contribution in [0, 0.1) is 0 Å². The summed E-state index contributed by atoms with van der Waals surface area (Å²) in [6, 6.07) is 0. The zero-order chi connectivity index (χ0) is 11.4. The SMILES string of the molecule is CC1(CNS(=O)(=O)CCCCl)CCCS1. The van der Waals surface area contributed by atoms with E-state index in [4.69, 9.17) is 11.6 Å². The third-order valence-electron chi connectivity index (χ3n) is 2.51. The van der Waals surface area contributed by atoms with Gasteiger partial charge in [-0.05, 0) is 31.9 Å². The molecule has 1 saturated heterocycles. The van der Waals surface area contributed by atoms with Crippen molar-refractivity contribution in [3.63, 3.8) is 0 Å². The average molecular weight is 272 g/mol. The first-order valence-corrected chi connectivity index (χ1v) is 8.32. The van der Waals surface area contributed by atoms with Gasteiger partial charge in [-0.25, -0.2) is 13.1 Å². The van der Waals surface area contributed by atoms with Crippen LogP contribution >= 0.6 is 23.4 Å².